The van der Waals surface area contributed by atoms with E-state index in [1.54, 1.807) is 19.1 Å². The van der Waals surface area contributed by atoms with Gasteiger partial charge in [0.2, 0.25) is 0 Å². The lowest BCUT2D eigenvalue weighted by molar-refractivity contribution is 0.0119. The molecule has 1 rings (SSSR count). The average molecular weight is 263 g/mol. The van der Waals surface area contributed by atoms with Crippen molar-refractivity contribution in [2.75, 3.05) is 6.54 Å². The van der Waals surface area contributed by atoms with Crippen LogP contribution in [0.5, 0.6) is 0 Å². The van der Waals surface area contributed by atoms with Crippen LogP contribution in [0.1, 0.15) is 37.5 Å². The van der Waals surface area contributed by atoms with E-state index in [1.807, 2.05) is 25.1 Å². The number of hydrogen-bond donors (Lipinski definition) is 2. The zero-order valence-corrected chi connectivity index (χ0v) is 11.4. The van der Waals surface area contributed by atoms with Crippen LogP contribution in [-0.2, 0) is 4.74 Å². The molecule has 1 aromatic carbocycles. The van der Waals surface area contributed by atoms with Crippen molar-refractivity contribution in [3.63, 3.8) is 0 Å². The van der Waals surface area contributed by atoms with Crippen LogP contribution in [0.4, 0.5) is 4.79 Å². The molecular formula is C15H21NO3. The second-order valence-corrected chi connectivity index (χ2v) is 4.32. The smallest absolute Gasteiger partial charge is 0.407 e. The van der Waals surface area contributed by atoms with Gasteiger partial charge in [-0.1, -0.05) is 43.8 Å². The van der Waals surface area contributed by atoms with E-state index in [2.05, 4.69) is 11.9 Å². The van der Waals surface area contributed by atoms with Crippen molar-refractivity contribution in [1.82, 2.24) is 5.32 Å². The number of amides is 1. The fourth-order valence-electron chi connectivity index (χ4n) is 1.72. The van der Waals surface area contributed by atoms with Gasteiger partial charge in [-0.05, 0) is 24.5 Å². The van der Waals surface area contributed by atoms with Gasteiger partial charge in [0, 0.05) is 6.54 Å². The first-order valence-electron chi connectivity index (χ1n) is 6.44. The normalized spacial score (nSPS) is 13.4. The highest BCUT2D eigenvalue weighted by Gasteiger charge is 2.21. The second kappa shape index (κ2) is 7.59. The molecule has 0 saturated carbocycles. The first-order valence-corrected chi connectivity index (χ1v) is 6.44. The number of carbonyl (C=O) groups is 1. The van der Waals surface area contributed by atoms with Gasteiger partial charge in [0.1, 0.15) is 12.2 Å². The molecule has 0 heterocycles. The summed E-state index contributed by atoms with van der Waals surface area (Å²) in [6.45, 7) is 7.88. The highest BCUT2D eigenvalue weighted by atomic mass is 16.6. The van der Waals surface area contributed by atoms with Crippen LogP contribution in [0.2, 0.25) is 0 Å². The summed E-state index contributed by atoms with van der Waals surface area (Å²) >= 11 is 0. The first-order chi connectivity index (χ1) is 9.10. The third-order valence-electron chi connectivity index (χ3n) is 2.79. The Hall–Kier alpha value is -1.81. The van der Waals surface area contributed by atoms with Crippen molar-refractivity contribution < 1.29 is 14.6 Å². The Kier molecular flexibility index (Phi) is 6.09. The monoisotopic (exact) mass is 263 g/mol. The predicted octanol–water partition coefficient (Wildman–Crippen LogP) is 2.89. The summed E-state index contributed by atoms with van der Waals surface area (Å²) in [5, 5.41) is 12.8. The highest BCUT2D eigenvalue weighted by Crippen LogP contribution is 2.23. The lowest BCUT2D eigenvalue weighted by Gasteiger charge is -2.21. The average Bonchev–Trinajstić information content (AvgIpc) is 2.44. The fourth-order valence-corrected chi connectivity index (χ4v) is 1.72. The van der Waals surface area contributed by atoms with E-state index in [0.717, 1.165) is 12.0 Å². The molecule has 0 aliphatic carbocycles. The molecule has 0 aliphatic rings. The third kappa shape index (κ3) is 4.41. The molecule has 2 N–H and O–H groups in total. The Bertz CT molecular complexity index is 431. The molecule has 0 aliphatic heterocycles. The van der Waals surface area contributed by atoms with Crippen LogP contribution in [0.3, 0.4) is 0 Å². The number of aliphatic hydroxyl groups excluding tert-OH is 1. The molecule has 19 heavy (non-hydrogen) atoms. The van der Waals surface area contributed by atoms with Gasteiger partial charge in [-0.25, -0.2) is 4.79 Å². The number of aliphatic hydroxyl groups is 1. The summed E-state index contributed by atoms with van der Waals surface area (Å²) in [6.07, 6.45) is 0.498. The minimum absolute atomic E-state index is 0.510. The molecular weight excluding hydrogens is 242 g/mol. The Morgan fingerprint density at radius 3 is 2.84 bits per heavy atom. The van der Waals surface area contributed by atoms with Crippen molar-refractivity contribution in [1.29, 1.82) is 0 Å². The molecule has 0 spiro atoms. The van der Waals surface area contributed by atoms with Crippen molar-refractivity contribution in [2.24, 2.45) is 0 Å². The van der Waals surface area contributed by atoms with Crippen molar-refractivity contribution in [2.45, 2.75) is 32.5 Å². The summed E-state index contributed by atoms with van der Waals surface area (Å²) in [4.78, 5) is 11.4. The van der Waals surface area contributed by atoms with E-state index in [1.165, 1.54) is 0 Å². The predicted molar refractivity (Wildman–Crippen MR) is 75.7 cm³/mol. The Balaban J connectivity index is 2.68. The maximum absolute atomic E-state index is 11.4. The van der Waals surface area contributed by atoms with E-state index in [0.29, 0.717) is 12.1 Å². The van der Waals surface area contributed by atoms with Gasteiger partial charge in [0.15, 0.2) is 0 Å². The van der Waals surface area contributed by atoms with E-state index in [-0.39, 0.29) is 0 Å². The SMILES string of the molecule is C=Cc1ccccc1[C@H](O)[C@H](C)OC(=O)NCCC. The molecule has 104 valence electrons. The van der Waals surface area contributed by atoms with Crippen molar-refractivity contribution in [3.05, 3.63) is 42.0 Å². The van der Waals surface area contributed by atoms with Gasteiger partial charge in [-0.15, -0.1) is 0 Å². The quantitative estimate of drug-likeness (QED) is 0.829. The molecule has 0 bridgehead atoms. The van der Waals surface area contributed by atoms with Crippen molar-refractivity contribution in [3.8, 4) is 0 Å². The number of carbonyl (C=O) groups excluding carboxylic acids is 1. The molecule has 2 atom stereocenters. The Morgan fingerprint density at radius 1 is 1.53 bits per heavy atom. The lowest BCUT2D eigenvalue weighted by Crippen LogP contribution is -2.31. The number of nitrogens with one attached hydrogen (secondary N) is 1. The number of benzene rings is 1. The topological polar surface area (TPSA) is 58.6 Å². The molecule has 0 unspecified atom stereocenters. The van der Waals surface area contributed by atoms with Gasteiger partial charge < -0.3 is 15.2 Å². The molecule has 1 aromatic rings. The summed E-state index contributed by atoms with van der Waals surface area (Å²) in [7, 11) is 0. The van der Waals surface area contributed by atoms with Gasteiger partial charge >= 0.3 is 6.09 Å². The standard InChI is InChI=1S/C15H21NO3/c1-4-10-16-15(18)19-11(3)14(17)13-9-7-6-8-12(13)5-2/h5-9,11,14,17H,2,4,10H2,1,3H3,(H,16,18)/t11-,14+/m0/s1. The van der Waals surface area contributed by atoms with Gasteiger partial charge in [-0.3, -0.25) is 0 Å². The summed E-state index contributed by atoms with van der Waals surface area (Å²) in [5.74, 6) is 0. The third-order valence-corrected chi connectivity index (χ3v) is 2.79. The zero-order chi connectivity index (χ0) is 14.3. The summed E-state index contributed by atoms with van der Waals surface area (Å²) < 4.78 is 5.13. The summed E-state index contributed by atoms with van der Waals surface area (Å²) in [5.41, 5.74) is 1.53. The largest absolute Gasteiger partial charge is 0.443 e. The van der Waals surface area contributed by atoms with Gasteiger partial charge in [0.05, 0.1) is 0 Å². The maximum Gasteiger partial charge on any atom is 0.407 e. The second-order valence-electron chi connectivity index (χ2n) is 4.32. The molecule has 0 saturated heterocycles. The van der Waals surface area contributed by atoms with Crippen LogP contribution < -0.4 is 5.32 Å². The van der Waals surface area contributed by atoms with Gasteiger partial charge in [-0.2, -0.15) is 0 Å². The first kappa shape index (κ1) is 15.2. The van der Waals surface area contributed by atoms with E-state index in [9.17, 15) is 9.90 Å². The van der Waals surface area contributed by atoms with Crippen LogP contribution in [0, 0.1) is 0 Å². The van der Waals surface area contributed by atoms with E-state index >= 15 is 0 Å². The minimum Gasteiger partial charge on any atom is -0.443 e. The Morgan fingerprint density at radius 2 is 2.21 bits per heavy atom. The fraction of sp³-hybridized carbons (Fsp3) is 0.400. The molecule has 0 fully saturated rings. The minimum atomic E-state index is -0.874. The molecule has 4 nitrogen and oxygen atoms in total. The molecule has 0 aromatic heterocycles. The number of alkyl carbamates (subject to hydrolysis) is 1. The number of ether oxygens (including phenoxy) is 1. The van der Waals surface area contributed by atoms with Crippen LogP contribution in [0.15, 0.2) is 30.8 Å². The van der Waals surface area contributed by atoms with Crippen molar-refractivity contribution >= 4 is 12.2 Å². The lowest BCUT2D eigenvalue weighted by atomic mass is 9.99. The van der Waals surface area contributed by atoms with Crippen LogP contribution in [-0.4, -0.2) is 23.8 Å². The van der Waals surface area contributed by atoms with Crippen LogP contribution in [0.25, 0.3) is 6.08 Å². The summed E-state index contributed by atoms with van der Waals surface area (Å²) in [6, 6.07) is 7.35. The molecule has 4 heteroatoms. The maximum atomic E-state index is 11.4. The van der Waals surface area contributed by atoms with Gasteiger partial charge in [0.25, 0.3) is 0 Å². The number of rotatable bonds is 6. The zero-order valence-electron chi connectivity index (χ0n) is 11.4. The molecule has 1 amide bonds. The number of hydrogen-bond acceptors (Lipinski definition) is 3. The Labute approximate surface area is 114 Å². The molecule has 0 radical (unpaired) electrons. The van der Waals surface area contributed by atoms with E-state index in [4.69, 9.17) is 4.74 Å². The van der Waals surface area contributed by atoms with Crippen LogP contribution >= 0.6 is 0 Å². The van der Waals surface area contributed by atoms with E-state index < -0.39 is 18.3 Å². The highest BCUT2D eigenvalue weighted by molar-refractivity contribution is 5.67.